The third-order valence-corrected chi connectivity index (χ3v) is 7.05. The lowest BCUT2D eigenvalue weighted by Crippen LogP contribution is -2.15. The SMILES string of the molecule is COC(=O)c1c(NC(=O)CCCSc2ccc(F)cc2)sc2c1CCC(C)C2. The van der Waals surface area contributed by atoms with E-state index in [1.54, 1.807) is 23.9 Å². The minimum atomic E-state index is -0.380. The highest BCUT2D eigenvalue weighted by Crippen LogP contribution is 2.40. The number of fused-ring (bicyclic) bond motifs is 1. The summed E-state index contributed by atoms with van der Waals surface area (Å²) in [5.41, 5.74) is 1.57. The summed E-state index contributed by atoms with van der Waals surface area (Å²) in [4.78, 5) is 26.8. The number of thioether (sulfide) groups is 1. The highest BCUT2D eigenvalue weighted by atomic mass is 32.2. The van der Waals surface area contributed by atoms with Gasteiger partial charge in [0.15, 0.2) is 0 Å². The van der Waals surface area contributed by atoms with E-state index in [1.165, 1.54) is 35.5 Å². The van der Waals surface area contributed by atoms with Crippen LogP contribution in [-0.4, -0.2) is 24.7 Å². The monoisotopic (exact) mass is 421 g/mol. The highest BCUT2D eigenvalue weighted by Gasteiger charge is 2.28. The summed E-state index contributed by atoms with van der Waals surface area (Å²) in [5.74, 6) is 0.619. The number of nitrogens with one attached hydrogen (secondary N) is 1. The number of rotatable bonds is 7. The zero-order chi connectivity index (χ0) is 20.1. The fraction of sp³-hybridized carbons (Fsp3) is 0.429. The van der Waals surface area contributed by atoms with E-state index >= 15 is 0 Å². The van der Waals surface area contributed by atoms with Gasteiger partial charge in [0.05, 0.1) is 12.7 Å². The van der Waals surface area contributed by atoms with Crippen LogP contribution in [0.2, 0.25) is 0 Å². The van der Waals surface area contributed by atoms with Crippen LogP contribution >= 0.6 is 23.1 Å². The Hall–Kier alpha value is -1.86. The van der Waals surface area contributed by atoms with Crippen molar-refractivity contribution in [1.29, 1.82) is 0 Å². The molecule has 1 unspecified atom stereocenters. The smallest absolute Gasteiger partial charge is 0.341 e. The van der Waals surface area contributed by atoms with Gasteiger partial charge in [0.25, 0.3) is 0 Å². The van der Waals surface area contributed by atoms with Gasteiger partial charge in [-0.3, -0.25) is 4.79 Å². The van der Waals surface area contributed by atoms with E-state index in [4.69, 9.17) is 4.74 Å². The molecule has 0 fully saturated rings. The number of hydrogen-bond donors (Lipinski definition) is 1. The number of anilines is 1. The molecule has 0 saturated carbocycles. The minimum Gasteiger partial charge on any atom is -0.465 e. The fourth-order valence-corrected chi connectivity index (χ4v) is 5.57. The van der Waals surface area contributed by atoms with Crippen molar-refractivity contribution in [3.8, 4) is 0 Å². The van der Waals surface area contributed by atoms with Crippen LogP contribution in [0, 0.1) is 11.7 Å². The van der Waals surface area contributed by atoms with Crippen LogP contribution in [0.5, 0.6) is 0 Å². The molecule has 7 heteroatoms. The molecule has 1 atom stereocenters. The Kier molecular flexibility index (Phi) is 7.13. The van der Waals surface area contributed by atoms with Crippen LogP contribution in [0.4, 0.5) is 9.39 Å². The first-order chi connectivity index (χ1) is 13.5. The average Bonchev–Trinajstić information content (AvgIpc) is 3.02. The number of thiophene rings is 1. The lowest BCUT2D eigenvalue weighted by atomic mass is 9.88. The summed E-state index contributed by atoms with van der Waals surface area (Å²) in [7, 11) is 1.37. The van der Waals surface area contributed by atoms with E-state index in [2.05, 4.69) is 12.2 Å². The van der Waals surface area contributed by atoms with Crippen LogP contribution in [-0.2, 0) is 22.4 Å². The Balaban J connectivity index is 1.57. The van der Waals surface area contributed by atoms with Crippen LogP contribution in [0.3, 0.4) is 0 Å². The Bertz CT molecular complexity index is 848. The van der Waals surface area contributed by atoms with Gasteiger partial charge in [-0.15, -0.1) is 23.1 Å². The largest absolute Gasteiger partial charge is 0.465 e. The summed E-state index contributed by atoms with van der Waals surface area (Å²) in [6.45, 7) is 2.21. The average molecular weight is 422 g/mol. The Labute approximate surface area is 172 Å². The van der Waals surface area contributed by atoms with Crippen molar-refractivity contribution in [1.82, 2.24) is 0 Å². The third kappa shape index (κ3) is 5.14. The van der Waals surface area contributed by atoms with Crippen LogP contribution in [0.1, 0.15) is 47.0 Å². The maximum Gasteiger partial charge on any atom is 0.341 e. The molecule has 28 heavy (non-hydrogen) atoms. The van der Waals surface area contributed by atoms with Crippen molar-refractivity contribution in [2.45, 2.75) is 43.9 Å². The second kappa shape index (κ2) is 9.56. The summed E-state index contributed by atoms with van der Waals surface area (Å²) in [5, 5.41) is 3.54. The molecule has 3 rings (SSSR count). The summed E-state index contributed by atoms with van der Waals surface area (Å²) in [6, 6.07) is 6.34. The molecule has 1 aromatic carbocycles. The van der Waals surface area contributed by atoms with Gasteiger partial charge >= 0.3 is 5.97 Å². The molecule has 1 N–H and O–H groups in total. The fourth-order valence-electron chi connectivity index (χ4n) is 3.30. The van der Waals surface area contributed by atoms with E-state index in [0.29, 0.717) is 29.3 Å². The molecule has 0 bridgehead atoms. The second-order valence-electron chi connectivity index (χ2n) is 7.00. The first-order valence-electron chi connectivity index (χ1n) is 9.39. The van der Waals surface area contributed by atoms with Crippen LogP contribution in [0.15, 0.2) is 29.2 Å². The number of carbonyl (C=O) groups is 2. The number of hydrogen-bond acceptors (Lipinski definition) is 5. The normalized spacial score (nSPS) is 15.8. The van der Waals surface area contributed by atoms with E-state index in [1.807, 2.05) is 0 Å². The predicted octanol–water partition coefficient (Wildman–Crippen LogP) is 5.31. The Morgan fingerprint density at radius 3 is 2.79 bits per heavy atom. The summed E-state index contributed by atoms with van der Waals surface area (Å²) < 4.78 is 17.9. The number of methoxy groups -OCH3 is 1. The molecule has 1 aliphatic rings. The first kappa shape index (κ1) is 20.9. The molecule has 2 aromatic rings. The molecule has 1 aromatic heterocycles. The summed E-state index contributed by atoms with van der Waals surface area (Å²) >= 11 is 3.09. The van der Waals surface area contributed by atoms with Gasteiger partial charge in [0, 0.05) is 16.2 Å². The third-order valence-electron chi connectivity index (χ3n) is 4.78. The lowest BCUT2D eigenvalue weighted by molar-refractivity contribution is -0.116. The van der Waals surface area contributed by atoms with Crippen molar-refractivity contribution in [2.24, 2.45) is 5.92 Å². The van der Waals surface area contributed by atoms with Gasteiger partial charge in [0.1, 0.15) is 10.8 Å². The first-order valence-corrected chi connectivity index (χ1v) is 11.2. The van der Waals surface area contributed by atoms with Gasteiger partial charge in [-0.25, -0.2) is 9.18 Å². The Morgan fingerprint density at radius 1 is 1.32 bits per heavy atom. The molecular weight excluding hydrogens is 397 g/mol. The number of esters is 1. The maximum absolute atomic E-state index is 12.9. The number of halogens is 1. The summed E-state index contributed by atoms with van der Waals surface area (Å²) in [6.07, 6.45) is 3.90. The number of ether oxygens (including phenoxy) is 1. The van der Waals surface area contributed by atoms with Crippen LogP contribution in [0.25, 0.3) is 0 Å². The van der Waals surface area contributed by atoms with Crippen molar-refractivity contribution >= 4 is 40.0 Å². The van der Waals surface area contributed by atoms with E-state index in [-0.39, 0.29) is 17.7 Å². The molecule has 0 aliphatic heterocycles. The van der Waals surface area contributed by atoms with Crippen LogP contribution < -0.4 is 5.32 Å². The maximum atomic E-state index is 12.9. The number of carbonyl (C=O) groups excluding carboxylic acids is 2. The van der Waals surface area contributed by atoms with Crippen molar-refractivity contribution < 1.29 is 18.7 Å². The minimum absolute atomic E-state index is 0.100. The molecule has 0 spiro atoms. The van der Waals surface area contributed by atoms with Gasteiger partial charge in [0.2, 0.25) is 5.91 Å². The molecule has 1 amide bonds. The Morgan fingerprint density at radius 2 is 2.07 bits per heavy atom. The molecule has 0 saturated heterocycles. The molecule has 1 aliphatic carbocycles. The predicted molar refractivity (Wildman–Crippen MR) is 112 cm³/mol. The lowest BCUT2D eigenvalue weighted by Gasteiger charge is -2.18. The molecule has 1 heterocycles. The molecule has 4 nitrogen and oxygen atoms in total. The molecular formula is C21H24FNO3S2. The molecule has 0 radical (unpaired) electrons. The molecule has 150 valence electrons. The van der Waals surface area contributed by atoms with Crippen molar-refractivity contribution in [3.63, 3.8) is 0 Å². The zero-order valence-electron chi connectivity index (χ0n) is 16.0. The second-order valence-corrected chi connectivity index (χ2v) is 9.28. The topological polar surface area (TPSA) is 55.4 Å². The highest BCUT2D eigenvalue weighted by molar-refractivity contribution is 7.99. The van der Waals surface area contributed by atoms with E-state index in [0.717, 1.165) is 35.5 Å². The number of amides is 1. The zero-order valence-corrected chi connectivity index (χ0v) is 17.7. The van der Waals surface area contributed by atoms with Gasteiger partial charge in [-0.2, -0.15) is 0 Å². The van der Waals surface area contributed by atoms with E-state index < -0.39 is 0 Å². The van der Waals surface area contributed by atoms with Gasteiger partial charge < -0.3 is 10.1 Å². The van der Waals surface area contributed by atoms with Crippen molar-refractivity contribution in [3.05, 3.63) is 46.1 Å². The standard InChI is InChI=1S/C21H24FNO3S2/c1-13-5-10-16-17(12-13)28-20(19(16)21(25)26-2)23-18(24)4-3-11-27-15-8-6-14(22)7-9-15/h6-9,13H,3-5,10-12H2,1-2H3,(H,23,24). The number of benzene rings is 1. The van der Waals surface area contributed by atoms with E-state index in [9.17, 15) is 14.0 Å². The van der Waals surface area contributed by atoms with Gasteiger partial charge in [-0.05, 0) is 67.2 Å². The van der Waals surface area contributed by atoms with Gasteiger partial charge in [-0.1, -0.05) is 6.92 Å². The quantitative estimate of drug-likeness (QED) is 0.374. The van der Waals surface area contributed by atoms with Crippen molar-refractivity contribution in [2.75, 3.05) is 18.2 Å².